The van der Waals surface area contributed by atoms with Gasteiger partial charge in [0.2, 0.25) is 0 Å². The highest BCUT2D eigenvalue weighted by atomic mass is 35.5. The fourth-order valence-electron chi connectivity index (χ4n) is 2.49. The average molecular weight is 379 g/mol. The Balaban J connectivity index is 1.87. The van der Waals surface area contributed by atoms with Crippen molar-refractivity contribution in [2.24, 2.45) is 0 Å². The van der Waals surface area contributed by atoms with Gasteiger partial charge in [-0.05, 0) is 36.7 Å². The average Bonchev–Trinajstić information content (AvgIpc) is 2.67. The zero-order chi connectivity index (χ0) is 18.6. The summed E-state index contributed by atoms with van der Waals surface area (Å²) in [6.45, 7) is 3.66. The van der Waals surface area contributed by atoms with Gasteiger partial charge in [-0.2, -0.15) is 0 Å². The molecular formula is C20H27ClN2O3. The normalized spacial score (nSPS) is 10.7. The molecule has 2 aromatic rings. The molecule has 5 nitrogen and oxygen atoms in total. The second kappa shape index (κ2) is 11.8. The van der Waals surface area contributed by atoms with Crippen LogP contribution in [0.5, 0.6) is 11.5 Å². The maximum absolute atomic E-state index is 8.71. The van der Waals surface area contributed by atoms with Crippen molar-refractivity contribution in [3.63, 3.8) is 0 Å². The van der Waals surface area contributed by atoms with Crippen molar-refractivity contribution < 1.29 is 14.6 Å². The van der Waals surface area contributed by atoms with E-state index in [4.69, 9.17) is 26.2 Å². The predicted octanol–water partition coefficient (Wildman–Crippen LogP) is 2.99. The minimum Gasteiger partial charge on any atom is -0.493 e. The van der Waals surface area contributed by atoms with Crippen LogP contribution in [0.3, 0.4) is 0 Å². The third-order valence-electron chi connectivity index (χ3n) is 3.88. The first-order valence-corrected chi connectivity index (χ1v) is 9.18. The van der Waals surface area contributed by atoms with Crippen LogP contribution in [0.25, 0.3) is 0 Å². The highest BCUT2D eigenvalue weighted by molar-refractivity contribution is 6.31. The number of rotatable bonds is 12. The lowest BCUT2D eigenvalue weighted by atomic mass is 10.2. The first-order valence-electron chi connectivity index (χ1n) is 8.80. The first-order chi connectivity index (χ1) is 12.7. The largest absolute Gasteiger partial charge is 0.493 e. The minimum absolute atomic E-state index is 0.168. The standard InChI is InChI=1S/C20H27ClN2O3/c1-25-19-12-17(14-23-9-5-8-22-10-11-24)18(21)13-20(19)26-15-16-6-3-2-4-7-16/h2-4,6-7,12-13,22-24H,5,8-11,14-15H2,1H3. The topological polar surface area (TPSA) is 62.8 Å². The van der Waals surface area contributed by atoms with Gasteiger partial charge in [-0.3, -0.25) is 0 Å². The molecule has 0 aliphatic carbocycles. The first kappa shape index (κ1) is 20.5. The molecule has 0 saturated heterocycles. The van der Waals surface area contributed by atoms with E-state index in [1.807, 2.05) is 42.5 Å². The number of methoxy groups -OCH3 is 1. The van der Waals surface area contributed by atoms with E-state index in [1.54, 1.807) is 7.11 Å². The van der Waals surface area contributed by atoms with Crippen molar-refractivity contribution >= 4 is 11.6 Å². The molecule has 26 heavy (non-hydrogen) atoms. The number of aliphatic hydroxyl groups excluding tert-OH is 1. The highest BCUT2D eigenvalue weighted by Crippen LogP contribution is 2.33. The van der Waals surface area contributed by atoms with E-state index < -0.39 is 0 Å². The van der Waals surface area contributed by atoms with Crippen molar-refractivity contribution in [3.05, 3.63) is 58.6 Å². The van der Waals surface area contributed by atoms with Crippen molar-refractivity contribution in [1.29, 1.82) is 0 Å². The summed E-state index contributed by atoms with van der Waals surface area (Å²) in [7, 11) is 1.63. The number of aliphatic hydroxyl groups is 1. The second-order valence-corrected chi connectivity index (χ2v) is 6.28. The summed E-state index contributed by atoms with van der Waals surface area (Å²) in [5, 5.41) is 15.9. The Hall–Kier alpha value is -1.79. The fourth-order valence-corrected chi connectivity index (χ4v) is 2.71. The number of halogens is 1. The van der Waals surface area contributed by atoms with Crippen LogP contribution in [0.2, 0.25) is 5.02 Å². The maximum Gasteiger partial charge on any atom is 0.163 e. The highest BCUT2D eigenvalue weighted by Gasteiger charge is 2.11. The lowest BCUT2D eigenvalue weighted by Crippen LogP contribution is -2.24. The van der Waals surface area contributed by atoms with Gasteiger partial charge in [-0.25, -0.2) is 0 Å². The zero-order valence-electron chi connectivity index (χ0n) is 15.1. The van der Waals surface area contributed by atoms with Gasteiger partial charge in [0, 0.05) is 24.2 Å². The Kier molecular flexibility index (Phi) is 9.28. The molecule has 6 heteroatoms. The molecule has 142 valence electrons. The molecular weight excluding hydrogens is 352 g/mol. The minimum atomic E-state index is 0.168. The van der Waals surface area contributed by atoms with Gasteiger partial charge in [0.25, 0.3) is 0 Å². The van der Waals surface area contributed by atoms with Crippen molar-refractivity contribution in [3.8, 4) is 11.5 Å². The molecule has 0 spiro atoms. The molecule has 0 bridgehead atoms. The van der Waals surface area contributed by atoms with E-state index >= 15 is 0 Å². The maximum atomic E-state index is 8.71. The second-order valence-electron chi connectivity index (χ2n) is 5.87. The lowest BCUT2D eigenvalue weighted by Gasteiger charge is -2.14. The zero-order valence-corrected chi connectivity index (χ0v) is 15.9. The van der Waals surface area contributed by atoms with Crippen molar-refractivity contribution in [1.82, 2.24) is 10.6 Å². The lowest BCUT2D eigenvalue weighted by molar-refractivity contribution is 0.284. The van der Waals surface area contributed by atoms with E-state index in [0.29, 0.717) is 36.2 Å². The van der Waals surface area contributed by atoms with Crippen LogP contribution < -0.4 is 20.1 Å². The summed E-state index contributed by atoms with van der Waals surface area (Å²) in [6.07, 6.45) is 0.979. The molecule has 2 aromatic carbocycles. The van der Waals surface area contributed by atoms with Crippen LogP contribution in [-0.2, 0) is 13.2 Å². The molecule has 0 aliphatic heterocycles. The van der Waals surface area contributed by atoms with Crippen molar-refractivity contribution in [2.45, 2.75) is 19.6 Å². The summed E-state index contributed by atoms with van der Waals surface area (Å²) in [6, 6.07) is 13.7. The molecule has 2 rings (SSSR count). The third-order valence-corrected chi connectivity index (χ3v) is 4.23. The molecule has 0 aromatic heterocycles. The summed E-state index contributed by atoms with van der Waals surface area (Å²) in [4.78, 5) is 0. The van der Waals surface area contributed by atoms with E-state index in [9.17, 15) is 0 Å². The Bertz CT molecular complexity index is 653. The fraction of sp³-hybridized carbons (Fsp3) is 0.400. The third kappa shape index (κ3) is 6.84. The molecule has 0 radical (unpaired) electrons. The van der Waals surface area contributed by atoms with Crippen LogP contribution in [0.15, 0.2) is 42.5 Å². The monoisotopic (exact) mass is 378 g/mol. The molecule has 0 unspecified atom stereocenters. The van der Waals surface area contributed by atoms with E-state index in [1.165, 1.54) is 0 Å². The quantitative estimate of drug-likeness (QED) is 0.495. The van der Waals surface area contributed by atoms with E-state index in [-0.39, 0.29) is 6.61 Å². The van der Waals surface area contributed by atoms with E-state index in [2.05, 4.69) is 10.6 Å². The molecule has 0 heterocycles. The van der Waals surface area contributed by atoms with Gasteiger partial charge in [0.05, 0.1) is 13.7 Å². The summed E-state index contributed by atoms with van der Waals surface area (Å²) >= 11 is 6.41. The number of hydrogen-bond acceptors (Lipinski definition) is 5. The molecule has 0 saturated carbocycles. The number of benzene rings is 2. The summed E-state index contributed by atoms with van der Waals surface area (Å²) in [5.41, 5.74) is 2.06. The van der Waals surface area contributed by atoms with Gasteiger partial charge in [0.1, 0.15) is 6.61 Å². The number of nitrogens with one attached hydrogen (secondary N) is 2. The summed E-state index contributed by atoms with van der Waals surface area (Å²) < 4.78 is 11.3. The van der Waals surface area contributed by atoms with Crippen molar-refractivity contribution in [2.75, 3.05) is 33.4 Å². The van der Waals surface area contributed by atoms with Gasteiger partial charge in [-0.1, -0.05) is 41.9 Å². The van der Waals surface area contributed by atoms with Crippen LogP contribution in [-0.4, -0.2) is 38.5 Å². The number of ether oxygens (including phenoxy) is 2. The Morgan fingerprint density at radius 3 is 2.50 bits per heavy atom. The number of hydrogen-bond donors (Lipinski definition) is 3. The van der Waals surface area contributed by atoms with Crippen LogP contribution in [0.4, 0.5) is 0 Å². The molecule has 0 fully saturated rings. The summed E-state index contributed by atoms with van der Waals surface area (Å²) in [5.74, 6) is 1.31. The predicted molar refractivity (Wildman–Crippen MR) is 105 cm³/mol. The molecule has 3 N–H and O–H groups in total. The van der Waals surface area contributed by atoms with Crippen LogP contribution in [0, 0.1) is 0 Å². The van der Waals surface area contributed by atoms with Gasteiger partial charge in [-0.15, -0.1) is 0 Å². The molecule has 0 aliphatic rings. The Labute approximate surface area is 160 Å². The Morgan fingerprint density at radius 1 is 1.00 bits per heavy atom. The Morgan fingerprint density at radius 2 is 1.77 bits per heavy atom. The van der Waals surface area contributed by atoms with Crippen LogP contribution in [0.1, 0.15) is 17.5 Å². The van der Waals surface area contributed by atoms with E-state index in [0.717, 1.165) is 30.6 Å². The molecule has 0 atom stereocenters. The van der Waals surface area contributed by atoms with Crippen LogP contribution >= 0.6 is 11.6 Å². The van der Waals surface area contributed by atoms with Gasteiger partial charge >= 0.3 is 0 Å². The van der Waals surface area contributed by atoms with Gasteiger partial charge in [0.15, 0.2) is 11.5 Å². The molecule has 0 amide bonds. The smallest absolute Gasteiger partial charge is 0.163 e. The van der Waals surface area contributed by atoms with Gasteiger partial charge < -0.3 is 25.2 Å². The SMILES string of the molecule is COc1cc(CNCCCNCCO)c(Cl)cc1OCc1ccccc1.